The van der Waals surface area contributed by atoms with Crippen molar-refractivity contribution in [3.05, 3.63) is 72.6 Å². The van der Waals surface area contributed by atoms with Crippen LogP contribution in [0, 0.1) is 0 Å². The predicted molar refractivity (Wildman–Crippen MR) is 106 cm³/mol. The van der Waals surface area contributed by atoms with E-state index in [0.29, 0.717) is 5.56 Å². The number of carbonyl (C=O) groups excluding carboxylic acids is 1. The van der Waals surface area contributed by atoms with Gasteiger partial charge in [0.2, 0.25) is 10.0 Å². The summed E-state index contributed by atoms with van der Waals surface area (Å²) in [4.78, 5) is 12.0. The zero-order valence-corrected chi connectivity index (χ0v) is 16.8. The molecule has 0 saturated heterocycles. The topological polar surface area (TPSA) is 95.9 Å². The van der Waals surface area contributed by atoms with Crippen LogP contribution < -0.4 is 10.2 Å². The van der Waals surface area contributed by atoms with Gasteiger partial charge in [-0.1, -0.05) is 36.9 Å². The van der Waals surface area contributed by atoms with Gasteiger partial charge in [-0.3, -0.25) is 10.0 Å². The van der Waals surface area contributed by atoms with Crippen molar-refractivity contribution in [1.29, 1.82) is 0 Å². The van der Waals surface area contributed by atoms with Gasteiger partial charge in [-0.2, -0.15) is 4.31 Å². The quantitative estimate of drug-likeness (QED) is 0.414. The number of carbonyl (C=O) groups is 1. The first-order valence-electron chi connectivity index (χ1n) is 8.91. The molecule has 0 aliphatic carbocycles. The first-order valence-corrected chi connectivity index (χ1v) is 10.4. The molecular formula is C20H22F2N2O5S. The van der Waals surface area contributed by atoms with Crippen LogP contribution in [0.25, 0.3) is 0 Å². The van der Waals surface area contributed by atoms with Crippen molar-refractivity contribution in [2.75, 3.05) is 13.3 Å². The number of alkyl halides is 1. The summed E-state index contributed by atoms with van der Waals surface area (Å²) in [5.41, 5.74) is 1.93. The van der Waals surface area contributed by atoms with Gasteiger partial charge in [0.25, 0.3) is 5.91 Å². The number of nitrogens with zero attached hydrogens (tertiary/aromatic N) is 1. The fourth-order valence-corrected chi connectivity index (χ4v) is 4.31. The molecule has 162 valence electrons. The Bertz CT molecular complexity index is 953. The van der Waals surface area contributed by atoms with Crippen molar-refractivity contribution in [3.8, 4) is 5.75 Å². The standard InChI is InChI=1S/C20H22F2N2O5S/c1-15(22)13-19(20(25)23-26)24(14-16-5-3-2-4-6-16)30(27,28)18-9-7-17(8-10-18)29-12-11-21/h2-10,19,26H,1,11-14H2,(H,23,25)/t19-/m0/s1. The van der Waals surface area contributed by atoms with Gasteiger partial charge in [0, 0.05) is 13.0 Å². The molecule has 0 unspecified atom stereocenters. The normalized spacial score (nSPS) is 12.4. The van der Waals surface area contributed by atoms with E-state index in [1.165, 1.54) is 29.7 Å². The van der Waals surface area contributed by atoms with E-state index in [-0.39, 0.29) is 23.8 Å². The lowest BCUT2D eigenvalue weighted by Gasteiger charge is -2.29. The Hall–Kier alpha value is -2.82. The van der Waals surface area contributed by atoms with E-state index in [0.717, 1.165) is 4.31 Å². The Morgan fingerprint density at radius 1 is 1.17 bits per heavy atom. The molecule has 0 aliphatic heterocycles. The number of amides is 1. The summed E-state index contributed by atoms with van der Waals surface area (Å²) >= 11 is 0. The number of benzene rings is 2. The van der Waals surface area contributed by atoms with Crippen molar-refractivity contribution in [2.24, 2.45) is 0 Å². The lowest BCUT2D eigenvalue weighted by Crippen LogP contribution is -2.48. The number of nitrogens with one attached hydrogen (secondary N) is 1. The monoisotopic (exact) mass is 440 g/mol. The number of hydrogen-bond acceptors (Lipinski definition) is 5. The highest BCUT2D eigenvalue weighted by Crippen LogP contribution is 2.26. The van der Waals surface area contributed by atoms with E-state index in [1.807, 2.05) is 0 Å². The predicted octanol–water partition coefficient (Wildman–Crippen LogP) is 2.97. The minimum Gasteiger partial charge on any atom is -0.491 e. The Kier molecular flexibility index (Phi) is 8.46. The van der Waals surface area contributed by atoms with Gasteiger partial charge in [-0.15, -0.1) is 0 Å². The number of hydroxylamine groups is 1. The molecule has 0 aromatic heterocycles. The molecule has 1 atom stereocenters. The average molecular weight is 440 g/mol. The van der Waals surface area contributed by atoms with E-state index in [1.54, 1.807) is 30.3 Å². The molecule has 0 spiro atoms. The second-order valence-electron chi connectivity index (χ2n) is 6.26. The third-order valence-electron chi connectivity index (χ3n) is 4.13. The Labute approximate surface area is 173 Å². The van der Waals surface area contributed by atoms with Gasteiger partial charge in [-0.25, -0.2) is 22.7 Å². The van der Waals surface area contributed by atoms with E-state index in [2.05, 4.69) is 6.58 Å². The molecule has 0 radical (unpaired) electrons. The van der Waals surface area contributed by atoms with Gasteiger partial charge in [0.1, 0.15) is 25.1 Å². The molecule has 30 heavy (non-hydrogen) atoms. The van der Waals surface area contributed by atoms with E-state index < -0.39 is 40.9 Å². The van der Waals surface area contributed by atoms with Crippen LogP contribution in [-0.4, -0.2) is 43.2 Å². The maximum atomic E-state index is 13.6. The summed E-state index contributed by atoms with van der Waals surface area (Å²) in [5.74, 6) is -1.76. The lowest BCUT2D eigenvalue weighted by atomic mass is 10.1. The molecule has 1 amide bonds. The van der Waals surface area contributed by atoms with Crippen LogP contribution in [0.4, 0.5) is 8.78 Å². The molecular weight excluding hydrogens is 418 g/mol. The number of sulfonamides is 1. The fraction of sp³-hybridized carbons (Fsp3) is 0.250. The van der Waals surface area contributed by atoms with Crippen molar-refractivity contribution >= 4 is 15.9 Å². The largest absolute Gasteiger partial charge is 0.491 e. The minimum absolute atomic E-state index is 0.177. The summed E-state index contributed by atoms with van der Waals surface area (Å²) in [7, 11) is -4.31. The number of halogens is 2. The molecule has 2 rings (SSSR count). The second-order valence-corrected chi connectivity index (χ2v) is 8.15. The highest BCUT2D eigenvalue weighted by Gasteiger charge is 2.36. The van der Waals surface area contributed by atoms with Gasteiger partial charge < -0.3 is 4.74 Å². The Morgan fingerprint density at radius 3 is 2.33 bits per heavy atom. The number of ether oxygens (including phenoxy) is 1. The first kappa shape index (κ1) is 23.5. The highest BCUT2D eigenvalue weighted by atomic mass is 32.2. The van der Waals surface area contributed by atoms with Crippen LogP contribution in [-0.2, 0) is 21.4 Å². The molecule has 0 bridgehead atoms. The molecule has 0 saturated carbocycles. The van der Waals surface area contributed by atoms with Crippen LogP contribution in [0.5, 0.6) is 5.75 Å². The van der Waals surface area contributed by atoms with Gasteiger partial charge >= 0.3 is 0 Å². The first-order chi connectivity index (χ1) is 14.3. The molecule has 7 nitrogen and oxygen atoms in total. The van der Waals surface area contributed by atoms with Crippen LogP contribution in [0.15, 0.2) is 71.9 Å². The molecule has 2 aromatic carbocycles. The Morgan fingerprint density at radius 2 is 1.80 bits per heavy atom. The van der Waals surface area contributed by atoms with Crippen LogP contribution in [0.1, 0.15) is 12.0 Å². The molecule has 0 heterocycles. The summed E-state index contributed by atoms with van der Waals surface area (Å²) in [5, 5.41) is 9.07. The summed E-state index contributed by atoms with van der Waals surface area (Å²) in [6, 6.07) is 12.0. The molecule has 0 aliphatic rings. The van der Waals surface area contributed by atoms with Crippen LogP contribution in [0.2, 0.25) is 0 Å². The van der Waals surface area contributed by atoms with Crippen molar-refractivity contribution in [2.45, 2.75) is 23.9 Å². The SMILES string of the molecule is C=C(F)C[C@@H](C(=O)NO)N(Cc1ccccc1)S(=O)(=O)c1ccc(OCCF)cc1. The average Bonchev–Trinajstić information content (AvgIpc) is 2.74. The van der Waals surface area contributed by atoms with Crippen molar-refractivity contribution < 1.29 is 31.9 Å². The summed E-state index contributed by atoms with van der Waals surface area (Å²) in [6.45, 7) is 1.97. The molecule has 2 aromatic rings. The molecule has 0 fully saturated rings. The van der Waals surface area contributed by atoms with Crippen LogP contribution >= 0.6 is 0 Å². The number of rotatable bonds is 11. The van der Waals surface area contributed by atoms with Crippen LogP contribution in [0.3, 0.4) is 0 Å². The van der Waals surface area contributed by atoms with Crippen molar-refractivity contribution in [3.63, 3.8) is 0 Å². The maximum absolute atomic E-state index is 13.6. The highest BCUT2D eigenvalue weighted by molar-refractivity contribution is 7.89. The summed E-state index contributed by atoms with van der Waals surface area (Å²) < 4.78 is 58.3. The zero-order chi connectivity index (χ0) is 22.1. The molecule has 2 N–H and O–H groups in total. The van der Waals surface area contributed by atoms with E-state index in [4.69, 9.17) is 9.94 Å². The van der Waals surface area contributed by atoms with Crippen molar-refractivity contribution in [1.82, 2.24) is 9.79 Å². The van der Waals surface area contributed by atoms with Gasteiger partial charge in [0.05, 0.1) is 10.7 Å². The second kappa shape index (κ2) is 10.8. The minimum atomic E-state index is -4.31. The lowest BCUT2D eigenvalue weighted by molar-refractivity contribution is -0.133. The third-order valence-corrected chi connectivity index (χ3v) is 6.00. The molecule has 10 heteroatoms. The summed E-state index contributed by atoms with van der Waals surface area (Å²) in [6.07, 6.45) is -0.643. The Balaban J connectivity index is 2.47. The zero-order valence-electron chi connectivity index (χ0n) is 16.0. The maximum Gasteiger partial charge on any atom is 0.262 e. The smallest absolute Gasteiger partial charge is 0.262 e. The van der Waals surface area contributed by atoms with Gasteiger partial charge in [-0.05, 0) is 29.8 Å². The van der Waals surface area contributed by atoms with E-state index >= 15 is 0 Å². The van der Waals surface area contributed by atoms with Gasteiger partial charge in [0.15, 0.2) is 0 Å². The van der Waals surface area contributed by atoms with E-state index in [9.17, 15) is 22.0 Å². The number of hydrogen-bond donors (Lipinski definition) is 2. The fourth-order valence-electron chi connectivity index (χ4n) is 2.74. The third kappa shape index (κ3) is 6.09.